The normalized spacial score (nSPS) is 11.7. The summed E-state index contributed by atoms with van der Waals surface area (Å²) in [4.78, 5) is 0. The molecule has 0 aliphatic rings. The summed E-state index contributed by atoms with van der Waals surface area (Å²) in [6.45, 7) is 5.42. The lowest BCUT2D eigenvalue weighted by Gasteiger charge is -2.08. The van der Waals surface area contributed by atoms with Crippen LogP contribution in [0.5, 0.6) is 0 Å². The van der Waals surface area contributed by atoms with Crippen molar-refractivity contribution < 1.29 is 0 Å². The Morgan fingerprint density at radius 3 is 1.07 bits per heavy atom. The molecule has 0 fully saturated rings. The van der Waals surface area contributed by atoms with E-state index in [-0.39, 0.29) is 0 Å². The fourth-order valence-corrected chi connectivity index (χ4v) is 8.73. The summed E-state index contributed by atoms with van der Waals surface area (Å²) in [5.74, 6) is 0. The number of nitrogens with zero attached hydrogens (tertiary/aromatic N) is 3. The molecule has 3 aromatic heterocycles. The Morgan fingerprint density at radius 2 is 0.702 bits per heavy atom. The summed E-state index contributed by atoms with van der Waals surface area (Å²) < 4.78 is 7.08. The molecule has 0 N–H and O–H groups in total. The average molecular weight is 732 g/mol. The molecular formula is C54H41N3. The van der Waals surface area contributed by atoms with Gasteiger partial charge in [-0.1, -0.05) is 122 Å². The maximum Gasteiger partial charge on any atom is 0.0541 e. The SMILES string of the molecule is C=C/C=C\C.Cn1c2ccc(-c3ccc4c(c3)c3ccccc3n4-c3ccccc3)cc2c2cc(-c3ccc4c(c3)c3ccccc3n4-c3ccccc3)ccc21. The van der Waals surface area contributed by atoms with E-state index in [1.807, 2.05) is 19.1 Å². The Kier molecular flexibility index (Phi) is 8.42. The van der Waals surface area contributed by atoms with E-state index in [1.54, 1.807) is 6.08 Å². The summed E-state index contributed by atoms with van der Waals surface area (Å²) >= 11 is 0. The van der Waals surface area contributed by atoms with Crippen LogP contribution in [0.25, 0.3) is 99.0 Å². The van der Waals surface area contributed by atoms with Crippen LogP contribution in [0.3, 0.4) is 0 Å². The number of rotatable bonds is 5. The summed E-state index contributed by atoms with van der Waals surface area (Å²) in [5, 5.41) is 7.60. The van der Waals surface area contributed by atoms with Crippen LogP contribution in [0, 0.1) is 0 Å². The number of allylic oxidation sites excluding steroid dienone is 3. The molecule has 3 heteroatoms. The Bertz CT molecular complexity index is 3100. The second-order valence-corrected chi connectivity index (χ2v) is 14.6. The molecule has 0 saturated heterocycles. The third-order valence-electron chi connectivity index (χ3n) is 11.4. The largest absolute Gasteiger partial charge is 0.344 e. The molecule has 0 radical (unpaired) electrons. The van der Waals surface area contributed by atoms with Gasteiger partial charge in [0.05, 0.1) is 22.1 Å². The third kappa shape index (κ3) is 5.67. The zero-order chi connectivity index (χ0) is 38.5. The van der Waals surface area contributed by atoms with Gasteiger partial charge >= 0.3 is 0 Å². The van der Waals surface area contributed by atoms with Gasteiger partial charge in [0.25, 0.3) is 0 Å². The molecule has 272 valence electrons. The molecule has 11 aromatic rings. The van der Waals surface area contributed by atoms with Gasteiger partial charge in [-0.2, -0.15) is 0 Å². The first-order valence-electron chi connectivity index (χ1n) is 19.6. The van der Waals surface area contributed by atoms with Crippen molar-refractivity contribution in [2.75, 3.05) is 0 Å². The average Bonchev–Trinajstić information content (AvgIpc) is 3.89. The Hall–Kier alpha value is -7.36. The summed E-state index contributed by atoms with van der Waals surface area (Å²) in [5.41, 5.74) is 14.6. The maximum atomic E-state index is 3.46. The van der Waals surface area contributed by atoms with Crippen LogP contribution in [0.4, 0.5) is 0 Å². The van der Waals surface area contributed by atoms with Crippen LogP contribution >= 0.6 is 0 Å². The number of aromatic nitrogens is 3. The molecule has 8 aromatic carbocycles. The molecule has 0 amide bonds. The van der Waals surface area contributed by atoms with Crippen molar-refractivity contribution in [1.82, 2.24) is 13.7 Å². The number of aryl methyl sites for hydroxylation is 1. The first-order chi connectivity index (χ1) is 28.1. The molecule has 0 saturated carbocycles. The smallest absolute Gasteiger partial charge is 0.0541 e. The summed E-state index contributed by atoms with van der Waals surface area (Å²) in [7, 11) is 2.18. The van der Waals surface area contributed by atoms with E-state index in [9.17, 15) is 0 Å². The fourth-order valence-electron chi connectivity index (χ4n) is 8.73. The van der Waals surface area contributed by atoms with Gasteiger partial charge in [-0.3, -0.25) is 0 Å². The predicted molar refractivity (Wildman–Crippen MR) is 245 cm³/mol. The van der Waals surface area contributed by atoms with E-state index in [1.165, 1.54) is 99.0 Å². The number of para-hydroxylation sites is 4. The highest BCUT2D eigenvalue weighted by Crippen LogP contribution is 2.39. The molecule has 11 rings (SSSR count). The Balaban J connectivity index is 0.000000749. The van der Waals surface area contributed by atoms with Gasteiger partial charge in [0, 0.05) is 61.8 Å². The second-order valence-electron chi connectivity index (χ2n) is 14.6. The number of benzene rings is 8. The fraction of sp³-hybridized carbons (Fsp3) is 0.0370. The zero-order valence-electron chi connectivity index (χ0n) is 32.1. The van der Waals surface area contributed by atoms with E-state index < -0.39 is 0 Å². The van der Waals surface area contributed by atoms with E-state index in [2.05, 4.69) is 209 Å². The predicted octanol–water partition coefficient (Wildman–Crippen LogP) is 14.6. The monoisotopic (exact) mass is 731 g/mol. The van der Waals surface area contributed by atoms with Crippen LogP contribution in [0.2, 0.25) is 0 Å². The Labute approximate surface area is 332 Å². The Morgan fingerprint density at radius 1 is 0.368 bits per heavy atom. The third-order valence-corrected chi connectivity index (χ3v) is 11.4. The van der Waals surface area contributed by atoms with Crippen LogP contribution in [0.15, 0.2) is 207 Å². The van der Waals surface area contributed by atoms with Gasteiger partial charge in [-0.05, 0) is 114 Å². The van der Waals surface area contributed by atoms with Gasteiger partial charge in [-0.15, -0.1) is 0 Å². The molecule has 0 unspecified atom stereocenters. The molecule has 57 heavy (non-hydrogen) atoms. The lowest BCUT2D eigenvalue weighted by Crippen LogP contribution is -1.92. The second kappa shape index (κ2) is 14.1. The van der Waals surface area contributed by atoms with Crippen molar-refractivity contribution in [3.05, 3.63) is 207 Å². The number of hydrogen-bond acceptors (Lipinski definition) is 0. The van der Waals surface area contributed by atoms with Crippen LogP contribution in [-0.2, 0) is 7.05 Å². The quantitative estimate of drug-likeness (QED) is 0.157. The molecular weight excluding hydrogens is 691 g/mol. The van der Waals surface area contributed by atoms with Gasteiger partial charge in [0.15, 0.2) is 0 Å². The van der Waals surface area contributed by atoms with Crippen LogP contribution in [-0.4, -0.2) is 13.7 Å². The highest BCUT2D eigenvalue weighted by molar-refractivity contribution is 6.14. The van der Waals surface area contributed by atoms with E-state index in [4.69, 9.17) is 0 Å². The molecule has 3 nitrogen and oxygen atoms in total. The lowest BCUT2D eigenvalue weighted by molar-refractivity contribution is 1.01. The molecule has 0 bridgehead atoms. The topological polar surface area (TPSA) is 14.8 Å². The standard InChI is InChI=1S/C49H33N3.C5H8/c1-50-44-24-20-32(34-22-26-48-40(28-34)38-16-8-10-18-46(38)51(48)36-12-4-2-5-13-36)30-42(44)43-31-33(21-25-45(43)50)35-23-27-49-41(29-35)39-17-9-11-19-47(39)52(49)37-14-6-3-7-15-37;1-3-5-4-2/h2-31H,1H3;3-5H,1H2,2H3/b;5-4-. The lowest BCUT2D eigenvalue weighted by atomic mass is 9.98. The van der Waals surface area contributed by atoms with Crippen molar-refractivity contribution in [2.45, 2.75) is 6.92 Å². The van der Waals surface area contributed by atoms with Gasteiger partial charge in [0.1, 0.15) is 0 Å². The van der Waals surface area contributed by atoms with Crippen LogP contribution < -0.4 is 0 Å². The summed E-state index contributed by atoms with van der Waals surface area (Å²) in [6, 6.07) is 66.6. The van der Waals surface area contributed by atoms with E-state index in [0.29, 0.717) is 0 Å². The molecule has 0 spiro atoms. The molecule has 0 aliphatic heterocycles. The zero-order valence-corrected chi connectivity index (χ0v) is 32.1. The van der Waals surface area contributed by atoms with Crippen molar-refractivity contribution in [3.8, 4) is 33.6 Å². The van der Waals surface area contributed by atoms with E-state index in [0.717, 1.165) is 0 Å². The maximum absolute atomic E-state index is 3.46. The van der Waals surface area contributed by atoms with Gasteiger partial charge in [0.2, 0.25) is 0 Å². The highest BCUT2D eigenvalue weighted by atomic mass is 15.0. The first kappa shape index (κ1) is 34.2. The number of hydrogen-bond donors (Lipinski definition) is 0. The van der Waals surface area contributed by atoms with Crippen molar-refractivity contribution in [1.29, 1.82) is 0 Å². The minimum atomic E-state index is 1.18. The number of fused-ring (bicyclic) bond motifs is 9. The highest BCUT2D eigenvalue weighted by Gasteiger charge is 2.17. The van der Waals surface area contributed by atoms with Crippen molar-refractivity contribution in [2.24, 2.45) is 7.05 Å². The van der Waals surface area contributed by atoms with Gasteiger partial charge in [-0.25, -0.2) is 0 Å². The molecule has 0 atom stereocenters. The van der Waals surface area contributed by atoms with Crippen molar-refractivity contribution in [3.63, 3.8) is 0 Å². The van der Waals surface area contributed by atoms with Crippen LogP contribution in [0.1, 0.15) is 6.92 Å². The minimum Gasteiger partial charge on any atom is -0.344 e. The van der Waals surface area contributed by atoms with Gasteiger partial charge < -0.3 is 13.7 Å². The minimum absolute atomic E-state index is 1.18. The molecule has 3 heterocycles. The van der Waals surface area contributed by atoms with E-state index >= 15 is 0 Å². The summed E-state index contributed by atoms with van der Waals surface area (Å²) in [6.07, 6.45) is 5.58. The first-order valence-corrected chi connectivity index (χ1v) is 19.6. The van der Waals surface area contributed by atoms with Crippen molar-refractivity contribution >= 4 is 65.4 Å². The molecule has 0 aliphatic carbocycles.